The lowest BCUT2D eigenvalue weighted by molar-refractivity contribution is -0.104. The minimum Gasteiger partial charge on any atom is -0.490 e. The quantitative estimate of drug-likeness (QED) is 0.186. The summed E-state index contributed by atoms with van der Waals surface area (Å²) in [5, 5.41) is 12.5. The molecule has 0 saturated carbocycles. The topological polar surface area (TPSA) is 78.1 Å². The molecule has 5 heterocycles. The van der Waals surface area contributed by atoms with Crippen LogP contribution in [-0.2, 0) is 17.9 Å². The second-order valence-corrected chi connectivity index (χ2v) is 10.9. The molecule has 0 radical (unpaired) electrons. The van der Waals surface area contributed by atoms with Crippen LogP contribution in [0.1, 0.15) is 25.1 Å². The SMILES string of the molecule is C=CC=O.Cc1cnn(-c2nc(-c3cc4n(n3)CCN(C)C4)c(-c3ccc(F)cc3OC(C)C)c3sccc23)c1. The smallest absolute Gasteiger partial charge is 0.162 e. The Morgan fingerprint density at radius 2 is 2.00 bits per heavy atom. The number of thiophene rings is 1. The van der Waals surface area contributed by atoms with Gasteiger partial charge in [0.25, 0.3) is 0 Å². The van der Waals surface area contributed by atoms with Gasteiger partial charge in [-0.2, -0.15) is 10.2 Å². The summed E-state index contributed by atoms with van der Waals surface area (Å²) in [7, 11) is 2.11. The van der Waals surface area contributed by atoms with Gasteiger partial charge in [-0.05, 0) is 69.1 Å². The molecule has 1 aliphatic heterocycles. The van der Waals surface area contributed by atoms with E-state index < -0.39 is 0 Å². The van der Waals surface area contributed by atoms with E-state index in [0.717, 1.165) is 69.3 Å². The maximum Gasteiger partial charge on any atom is 0.162 e. The van der Waals surface area contributed by atoms with Gasteiger partial charge in [0.2, 0.25) is 0 Å². The lowest BCUT2D eigenvalue weighted by Crippen LogP contribution is -2.30. The summed E-state index contributed by atoms with van der Waals surface area (Å²) in [6, 6.07) is 8.90. The fourth-order valence-electron chi connectivity index (χ4n) is 4.71. The van der Waals surface area contributed by atoms with Crippen molar-refractivity contribution in [3.63, 3.8) is 0 Å². The summed E-state index contributed by atoms with van der Waals surface area (Å²) in [6.07, 6.45) is 5.52. The zero-order chi connectivity index (χ0) is 28.4. The van der Waals surface area contributed by atoms with Gasteiger partial charge >= 0.3 is 0 Å². The van der Waals surface area contributed by atoms with Crippen molar-refractivity contribution in [2.75, 3.05) is 13.6 Å². The van der Waals surface area contributed by atoms with Crippen molar-refractivity contribution in [3.8, 4) is 34.1 Å². The highest BCUT2D eigenvalue weighted by atomic mass is 32.1. The summed E-state index contributed by atoms with van der Waals surface area (Å²) < 4.78 is 25.4. The third-order valence-corrected chi connectivity index (χ3v) is 7.35. The van der Waals surface area contributed by atoms with E-state index in [2.05, 4.69) is 45.8 Å². The molecule has 206 valence electrons. The Bertz CT molecular complexity index is 1680. The van der Waals surface area contributed by atoms with Crippen LogP contribution < -0.4 is 4.74 Å². The van der Waals surface area contributed by atoms with Gasteiger partial charge in [-0.1, -0.05) is 6.58 Å². The lowest BCUT2D eigenvalue weighted by Gasteiger charge is -2.22. The molecule has 10 heteroatoms. The molecule has 1 aromatic carbocycles. The van der Waals surface area contributed by atoms with Crippen LogP contribution in [0.5, 0.6) is 5.75 Å². The lowest BCUT2D eigenvalue weighted by atomic mass is 9.99. The van der Waals surface area contributed by atoms with Gasteiger partial charge in [-0.25, -0.2) is 14.1 Å². The number of aldehydes is 1. The van der Waals surface area contributed by atoms with Crippen molar-refractivity contribution in [2.24, 2.45) is 0 Å². The first-order chi connectivity index (χ1) is 19.3. The first-order valence-electron chi connectivity index (χ1n) is 13.0. The third-order valence-electron chi connectivity index (χ3n) is 6.42. The Hall–Kier alpha value is -4.15. The number of aryl methyl sites for hydroxylation is 1. The molecule has 0 aliphatic carbocycles. The molecule has 6 rings (SSSR count). The number of nitrogens with zero attached hydrogens (tertiary/aromatic N) is 6. The van der Waals surface area contributed by atoms with Gasteiger partial charge in [0.05, 0.1) is 24.5 Å². The molecule has 0 spiro atoms. The van der Waals surface area contributed by atoms with Crippen LogP contribution in [0, 0.1) is 12.7 Å². The molecule has 0 amide bonds. The number of carbonyl (C=O) groups is 1. The largest absolute Gasteiger partial charge is 0.490 e. The van der Waals surface area contributed by atoms with E-state index in [1.165, 1.54) is 18.2 Å². The van der Waals surface area contributed by atoms with Crippen LogP contribution in [0.4, 0.5) is 4.39 Å². The van der Waals surface area contributed by atoms with Gasteiger partial charge in [-0.3, -0.25) is 14.4 Å². The van der Waals surface area contributed by atoms with E-state index in [1.807, 2.05) is 37.8 Å². The summed E-state index contributed by atoms with van der Waals surface area (Å²) in [6.45, 7) is 11.6. The molecule has 4 aromatic heterocycles. The Morgan fingerprint density at radius 3 is 2.70 bits per heavy atom. The average Bonchev–Trinajstić information content (AvgIpc) is 3.67. The molecule has 0 unspecified atom stereocenters. The predicted molar refractivity (Wildman–Crippen MR) is 156 cm³/mol. The van der Waals surface area contributed by atoms with Gasteiger partial charge in [0.15, 0.2) is 5.82 Å². The Kier molecular flexibility index (Phi) is 7.90. The van der Waals surface area contributed by atoms with Gasteiger partial charge in [0, 0.05) is 46.6 Å². The van der Waals surface area contributed by atoms with Crippen LogP contribution in [0.25, 0.3) is 38.4 Å². The van der Waals surface area contributed by atoms with Crippen molar-refractivity contribution in [1.82, 2.24) is 29.4 Å². The molecular formula is C30H31FN6O2S. The first kappa shape index (κ1) is 27.4. The normalized spacial score (nSPS) is 13.2. The molecule has 0 bridgehead atoms. The molecule has 1 aliphatic rings. The Balaban J connectivity index is 0.000000758. The standard InChI is InChI=1S/C27H27FN6OS.C3H4O/c1-16(2)35-23-11-18(28)5-6-20(23)24-25(22-12-19-15-32(4)8-9-33(19)31-22)30-27(21-7-10-36-26(21)24)34-14-17(3)13-29-34;1-2-3-4/h5-7,10-14,16H,8-9,15H2,1-4H3;2-3H,1H2. The number of likely N-dealkylation sites (N-methyl/N-ethyl adjacent to an activating group) is 1. The summed E-state index contributed by atoms with van der Waals surface area (Å²) in [4.78, 5) is 16.5. The molecule has 0 saturated heterocycles. The average molecular weight is 559 g/mol. The fraction of sp³-hybridized carbons (Fsp3) is 0.267. The Morgan fingerprint density at radius 1 is 1.20 bits per heavy atom. The minimum atomic E-state index is -0.338. The van der Waals surface area contributed by atoms with Crippen molar-refractivity contribution in [2.45, 2.75) is 40.0 Å². The third kappa shape index (κ3) is 5.45. The molecule has 0 fully saturated rings. The van der Waals surface area contributed by atoms with E-state index in [-0.39, 0.29) is 11.9 Å². The van der Waals surface area contributed by atoms with Crippen LogP contribution in [0.3, 0.4) is 0 Å². The number of carbonyl (C=O) groups excluding carboxylic acids is 1. The van der Waals surface area contributed by atoms with Crippen molar-refractivity contribution in [3.05, 3.63) is 77.8 Å². The first-order valence-corrected chi connectivity index (χ1v) is 13.9. The highest BCUT2D eigenvalue weighted by Crippen LogP contribution is 2.45. The number of pyridine rings is 1. The molecule has 0 N–H and O–H groups in total. The molecule has 0 atom stereocenters. The molecule has 40 heavy (non-hydrogen) atoms. The highest BCUT2D eigenvalue weighted by molar-refractivity contribution is 7.18. The number of hydrogen-bond acceptors (Lipinski definition) is 7. The van der Waals surface area contributed by atoms with Crippen molar-refractivity contribution >= 4 is 27.7 Å². The van der Waals surface area contributed by atoms with Gasteiger partial charge in [-0.15, -0.1) is 11.3 Å². The summed E-state index contributed by atoms with van der Waals surface area (Å²) in [5.74, 6) is 0.902. The monoisotopic (exact) mass is 558 g/mol. The van der Waals surface area contributed by atoms with Crippen LogP contribution in [0.15, 0.2) is 60.8 Å². The second kappa shape index (κ2) is 11.5. The number of hydrogen-bond donors (Lipinski definition) is 0. The number of aromatic nitrogens is 5. The van der Waals surface area contributed by atoms with Crippen LogP contribution in [0.2, 0.25) is 0 Å². The number of allylic oxidation sites excluding steroid dienone is 1. The van der Waals surface area contributed by atoms with Gasteiger partial charge < -0.3 is 4.74 Å². The summed E-state index contributed by atoms with van der Waals surface area (Å²) in [5.41, 5.74) is 5.41. The fourth-order valence-corrected chi connectivity index (χ4v) is 5.67. The second-order valence-electron chi connectivity index (χ2n) is 9.95. The zero-order valence-corrected chi connectivity index (χ0v) is 23.8. The van der Waals surface area contributed by atoms with E-state index in [9.17, 15) is 4.39 Å². The number of ether oxygens (including phenoxy) is 1. The molecular weight excluding hydrogens is 527 g/mol. The van der Waals surface area contributed by atoms with Crippen molar-refractivity contribution < 1.29 is 13.9 Å². The minimum absolute atomic E-state index is 0.109. The van der Waals surface area contributed by atoms with Crippen molar-refractivity contribution in [1.29, 1.82) is 0 Å². The maximum absolute atomic E-state index is 14.3. The number of benzene rings is 1. The molecule has 5 aromatic rings. The van der Waals surface area contributed by atoms with E-state index in [1.54, 1.807) is 17.4 Å². The van der Waals surface area contributed by atoms with Crippen LogP contribution in [-0.4, -0.2) is 55.4 Å². The van der Waals surface area contributed by atoms with E-state index >= 15 is 0 Å². The molecule has 8 nitrogen and oxygen atoms in total. The highest BCUT2D eigenvalue weighted by Gasteiger charge is 2.25. The van der Waals surface area contributed by atoms with Crippen LogP contribution >= 0.6 is 11.3 Å². The van der Waals surface area contributed by atoms with Gasteiger partial charge in [0.1, 0.15) is 29.2 Å². The van der Waals surface area contributed by atoms with E-state index in [4.69, 9.17) is 19.6 Å². The van der Waals surface area contributed by atoms with E-state index in [0.29, 0.717) is 12.0 Å². The predicted octanol–water partition coefficient (Wildman–Crippen LogP) is 6.06. The number of fused-ring (bicyclic) bond motifs is 2. The number of rotatable bonds is 6. The Labute approximate surface area is 236 Å². The maximum atomic E-state index is 14.3. The zero-order valence-electron chi connectivity index (χ0n) is 23.0. The number of halogens is 1. The summed E-state index contributed by atoms with van der Waals surface area (Å²) >= 11 is 1.63.